The Morgan fingerprint density at radius 3 is 2.70 bits per heavy atom. The minimum absolute atomic E-state index is 0.150. The Bertz CT molecular complexity index is 511. The molecule has 110 valence electrons. The fraction of sp³-hybridized carbons (Fsp3) is 0.615. The van der Waals surface area contributed by atoms with Crippen molar-refractivity contribution in [3.63, 3.8) is 0 Å². The van der Waals surface area contributed by atoms with Gasteiger partial charge in [-0.15, -0.1) is 0 Å². The first-order chi connectivity index (χ1) is 9.43. The molecule has 0 spiro atoms. The lowest BCUT2D eigenvalue weighted by Gasteiger charge is -2.20. The van der Waals surface area contributed by atoms with Crippen molar-refractivity contribution in [3.8, 4) is 0 Å². The van der Waals surface area contributed by atoms with Crippen LogP contribution in [-0.2, 0) is 9.53 Å². The highest BCUT2D eigenvalue weighted by Crippen LogP contribution is 2.22. The van der Waals surface area contributed by atoms with Crippen LogP contribution in [0, 0.1) is 0 Å². The van der Waals surface area contributed by atoms with Crippen LogP contribution in [0.5, 0.6) is 0 Å². The van der Waals surface area contributed by atoms with Crippen LogP contribution < -0.4 is 0 Å². The molecular formula is C13H19N3O4. The molecule has 7 heteroatoms. The Labute approximate surface area is 117 Å². The Balaban J connectivity index is 2.19. The van der Waals surface area contributed by atoms with E-state index in [-0.39, 0.29) is 30.3 Å². The molecule has 2 unspecified atom stereocenters. The van der Waals surface area contributed by atoms with E-state index in [1.54, 1.807) is 16.9 Å². The molecule has 0 aliphatic carbocycles. The van der Waals surface area contributed by atoms with Gasteiger partial charge in [-0.1, -0.05) is 0 Å². The number of carbonyl (C=O) groups excluding carboxylic acids is 1. The lowest BCUT2D eigenvalue weighted by atomic mass is 10.2. The number of amides is 1. The molecule has 1 fully saturated rings. The molecule has 1 saturated heterocycles. The Morgan fingerprint density at radius 2 is 2.20 bits per heavy atom. The molecule has 1 aliphatic heterocycles. The third kappa shape index (κ3) is 2.67. The van der Waals surface area contributed by atoms with Crippen LogP contribution >= 0.6 is 0 Å². The van der Waals surface area contributed by atoms with E-state index in [1.165, 1.54) is 12.0 Å². The standard InChI is InChI=1S/C13H19N3O4/c1-8(2)16-5-4-10(14-16)12(17)15-7-9(20-3)6-11(15)13(18)19/h4-5,8-9,11H,6-7H2,1-3H3,(H,18,19). The summed E-state index contributed by atoms with van der Waals surface area (Å²) in [5.41, 5.74) is 0.265. The van der Waals surface area contributed by atoms with Gasteiger partial charge in [0.25, 0.3) is 5.91 Å². The van der Waals surface area contributed by atoms with E-state index in [9.17, 15) is 14.7 Å². The number of likely N-dealkylation sites (tertiary alicyclic amines) is 1. The smallest absolute Gasteiger partial charge is 0.326 e. The third-order valence-electron chi connectivity index (χ3n) is 3.50. The number of methoxy groups -OCH3 is 1. The van der Waals surface area contributed by atoms with E-state index in [1.807, 2.05) is 13.8 Å². The maximum absolute atomic E-state index is 12.4. The third-order valence-corrected chi connectivity index (χ3v) is 3.50. The number of nitrogens with zero attached hydrogens (tertiary/aromatic N) is 3. The fourth-order valence-electron chi connectivity index (χ4n) is 2.31. The van der Waals surface area contributed by atoms with Crippen LogP contribution in [-0.4, -0.2) is 57.5 Å². The predicted octanol–water partition coefficient (Wildman–Crippen LogP) is 0.778. The van der Waals surface area contributed by atoms with Gasteiger partial charge in [-0.3, -0.25) is 9.48 Å². The molecule has 2 rings (SSSR count). The number of ether oxygens (including phenoxy) is 1. The quantitative estimate of drug-likeness (QED) is 0.881. The van der Waals surface area contributed by atoms with Crippen molar-refractivity contribution in [2.75, 3.05) is 13.7 Å². The summed E-state index contributed by atoms with van der Waals surface area (Å²) >= 11 is 0. The second-order valence-corrected chi connectivity index (χ2v) is 5.18. The van der Waals surface area contributed by atoms with Crippen molar-refractivity contribution in [2.24, 2.45) is 0 Å². The lowest BCUT2D eigenvalue weighted by molar-refractivity contribution is -0.141. The maximum atomic E-state index is 12.4. The lowest BCUT2D eigenvalue weighted by Crippen LogP contribution is -2.40. The molecule has 2 atom stereocenters. The molecule has 0 radical (unpaired) electrons. The maximum Gasteiger partial charge on any atom is 0.326 e. The van der Waals surface area contributed by atoms with Crippen LogP contribution in [0.15, 0.2) is 12.3 Å². The average molecular weight is 281 g/mol. The second-order valence-electron chi connectivity index (χ2n) is 5.18. The van der Waals surface area contributed by atoms with Gasteiger partial charge >= 0.3 is 5.97 Å². The number of rotatable bonds is 4. The van der Waals surface area contributed by atoms with Crippen LogP contribution in [0.2, 0.25) is 0 Å². The first-order valence-corrected chi connectivity index (χ1v) is 6.55. The zero-order valence-electron chi connectivity index (χ0n) is 11.8. The fourth-order valence-corrected chi connectivity index (χ4v) is 2.31. The van der Waals surface area contributed by atoms with Gasteiger partial charge in [-0.05, 0) is 19.9 Å². The van der Waals surface area contributed by atoms with Crippen molar-refractivity contribution in [2.45, 2.75) is 38.5 Å². The zero-order valence-corrected chi connectivity index (χ0v) is 11.8. The van der Waals surface area contributed by atoms with Crippen molar-refractivity contribution in [3.05, 3.63) is 18.0 Å². The number of aromatic nitrogens is 2. The van der Waals surface area contributed by atoms with E-state index >= 15 is 0 Å². The second kappa shape index (κ2) is 5.62. The molecule has 0 bridgehead atoms. The highest BCUT2D eigenvalue weighted by atomic mass is 16.5. The number of carboxylic acid groups (broad SMARTS) is 1. The van der Waals surface area contributed by atoms with Gasteiger partial charge in [0.05, 0.1) is 6.10 Å². The minimum atomic E-state index is -1.01. The Morgan fingerprint density at radius 1 is 1.50 bits per heavy atom. The Kier molecular flexibility index (Phi) is 4.08. The molecule has 1 aliphatic rings. The van der Waals surface area contributed by atoms with Gasteiger partial charge in [0, 0.05) is 32.3 Å². The Hall–Kier alpha value is -1.89. The number of carbonyl (C=O) groups is 2. The first kappa shape index (κ1) is 14.5. The van der Waals surface area contributed by atoms with Gasteiger partial charge in [0.1, 0.15) is 11.7 Å². The van der Waals surface area contributed by atoms with Gasteiger partial charge < -0.3 is 14.7 Å². The number of aliphatic carboxylic acids is 1. The van der Waals surface area contributed by atoms with Gasteiger partial charge in [-0.25, -0.2) is 4.79 Å². The van der Waals surface area contributed by atoms with Crippen molar-refractivity contribution in [1.82, 2.24) is 14.7 Å². The summed E-state index contributed by atoms with van der Waals surface area (Å²) < 4.78 is 6.84. The predicted molar refractivity (Wildman–Crippen MR) is 70.5 cm³/mol. The van der Waals surface area contributed by atoms with E-state index in [0.717, 1.165) is 0 Å². The molecular weight excluding hydrogens is 262 g/mol. The number of hydrogen-bond acceptors (Lipinski definition) is 4. The monoisotopic (exact) mass is 281 g/mol. The van der Waals surface area contributed by atoms with Gasteiger partial charge in [0.2, 0.25) is 0 Å². The van der Waals surface area contributed by atoms with E-state index < -0.39 is 12.0 Å². The van der Waals surface area contributed by atoms with Crippen LogP contribution in [0.4, 0.5) is 0 Å². The van der Waals surface area contributed by atoms with Gasteiger partial charge in [0.15, 0.2) is 0 Å². The molecule has 7 nitrogen and oxygen atoms in total. The van der Waals surface area contributed by atoms with Crippen molar-refractivity contribution >= 4 is 11.9 Å². The molecule has 0 saturated carbocycles. The SMILES string of the molecule is COC1CC(C(=O)O)N(C(=O)c2ccn(C(C)C)n2)C1. The summed E-state index contributed by atoms with van der Waals surface area (Å²) in [4.78, 5) is 25.0. The van der Waals surface area contributed by atoms with E-state index in [4.69, 9.17) is 4.74 Å². The first-order valence-electron chi connectivity index (χ1n) is 6.55. The molecule has 0 aromatic carbocycles. The normalized spacial score (nSPS) is 22.5. The number of hydrogen-bond donors (Lipinski definition) is 1. The molecule has 20 heavy (non-hydrogen) atoms. The van der Waals surface area contributed by atoms with Crippen molar-refractivity contribution < 1.29 is 19.4 Å². The minimum Gasteiger partial charge on any atom is -0.480 e. The molecule has 2 heterocycles. The topological polar surface area (TPSA) is 84.7 Å². The van der Waals surface area contributed by atoms with E-state index in [2.05, 4.69) is 5.10 Å². The summed E-state index contributed by atoms with van der Waals surface area (Å²) in [6.45, 7) is 4.19. The number of carboxylic acids is 1. The summed E-state index contributed by atoms with van der Waals surface area (Å²) in [6, 6.07) is 0.912. The molecule has 1 aromatic heterocycles. The summed E-state index contributed by atoms with van der Waals surface area (Å²) in [6.07, 6.45) is 1.78. The molecule has 1 N–H and O–H groups in total. The highest BCUT2D eigenvalue weighted by Gasteiger charge is 2.40. The molecule has 1 aromatic rings. The summed E-state index contributed by atoms with van der Waals surface area (Å²) in [5, 5.41) is 13.4. The summed E-state index contributed by atoms with van der Waals surface area (Å²) in [5.74, 6) is -1.38. The zero-order chi connectivity index (χ0) is 14.9. The van der Waals surface area contributed by atoms with Crippen molar-refractivity contribution in [1.29, 1.82) is 0 Å². The highest BCUT2D eigenvalue weighted by molar-refractivity contribution is 5.95. The summed E-state index contributed by atoms with van der Waals surface area (Å²) in [7, 11) is 1.52. The van der Waals surface area contributed by atoms with Crippen LogP contribution in [0.3, 0.4) is 0 Å². The average Bonchev–Trinajstić information content (AvgIpc) is 3.04. The largest absolute Gasteiger partial charge is 0.480 e. The van der Waals surface area contributed by atoms with Crippen LogP contribution in [0.25, 0.3) is 0 Å². The van der Waals surface area contributed by atoms with Crippen LogP contribution in [0.1, 0.15) is 36.8 Å². The molecule has 1 amide bonds. The van der Waals surface area contributed by atoms with E-state index in [0.29, 0.717) is 6.42 Å². The van der Waals surface area contributed by atoms with Gasteiger partial charge in [-0.2, -0.15) is 5.10 Å².